The van der Waals surface area contributed by atoms with Crippen LogP contribution in [0.5, 0.6) is 0 Å². The van der Waals surface area contributed by atoms with Crippen molar-refractivity contribution in [3.63, 3.8) is 0 Å². The zero-order chi connectivity index (χ0) is 15.3. The molecule has 0 saturated heterocycles. The Kier molecular flexibility index (Phi) is 3.31. The molecule has 6 heteroatoms. The zero-order valence-corrected chi connectivity index (χ0v) is 11.2. The molecule has 110 valence electrons. The Morgan fingerprint density at radius 2 is 1.45 bits per heavy atom. The van der Waals surface area contributed by atoms with Gasteiger partial charge in [0.15, 0.2) is 0 Å². The van der Waals surface area contributed by atoms with Crippen molar-refractivity contribution >= 4 is 0 Å². The topological polar surface area (TPSA) is 9.23 Å². The van der Waals surface area contributed by atoms with Gasteiger partial charge in [-0.15, -0.1) is 0 Å². The summed E-state index contributed by atoms with van der Waals surface area (Å²) in [7, 11) is 0. The SMILES string of the molecule is Cc1cc(C)c(COC2=C(F)C(F)(F)C2(F)F)c(C)c1. The molecule has 0 amide bonds. The van der Waals surface area contributed by atoms with E-state index in [9.17, 15) is 22.0 Å². The van der Waals surface area contributed by atoms with Gasteiger partial charge in [0.1, 0.15) is 6.61 Å². The second-order valence-electron chi connectivity index (χ2n) is 4.96. The molecule has 0 N–H and O–H groups in total. The predicted molar refractivity (Wildman–Crippen MR) is 63.5 cm³/mol. The molecule has 1 aromatic rings. The van der Waals surface area contributed by atoms with E-state index in [2.05, 4.69) is 4.74 Å². The fourth-order valence-electron chi connectivity index (χ4n) is 2.23. The maximum Gasteiger partial charge on any atom is 0.375 e. The lowest BCUT2D eigenvalue weighted by Gasteiger charge is -2.35. The van der Waals surface area contributed by atoms with E-state index in [4.69, 9.17) is 0 Å². The summed E-state index contributed by atoms with van der Waals surface area (Å²) >= 11 is 0. The highest BCUT2D eigenvalue weighted by molar-refractivity contribution is 5.39. The number of aryl methyl sites for hydroxylation is 3. The number of rotatable bonds is 3. The van der Waals surface area contributed by atoms with Crippen LogP contribution in [0.2, 0.25) is 0 Å². The van der Waals surface area contributed by atoms with E-state index in [1.807, 2.05) is 19.1 Å². The van der Waals surface area contributed by atoms with Crippen LogP contribution in [0.1, 0.15) is 22.3 Å². The third-order valence-corrected chi connectivity index (χ3v) is 3.36. The fourth-order valence-corrected chi connectivity index (χ4v) is 2.23. The second kappa shape index (κ2) is 4.46. The summed E-state index contributed by atoms with van der Waals surface area (Å²) in [6.07, 6.45) is 0. The Labute approximate surface area is 113 Å². The Bertz CT molecular complexity index is 566. The Balaban J connectivity index is 2.22. The third-order valence-electron chi connectivity index (χ3n) is 3.36. The van der Waals surface area contributed by atoms with Crippen LogP contribution >= 0.6 is 0 Å². The molecule has 0 aliphatic heterocycles. The quantitative estimate of drug-likeness (QED) is 0.740. The van der Waals surface area contributed by atoms with Gasteiger partial charge in [-0.3, -0.25) is 0 Å². The van der Waals surface area contributed by atoms with Gasteiger partial charge >= 0.3 is 11.8 Å². The predicted octanol–water partition coefficient (Wildman–Crippen LogP) is 4.59. The molecular formula is C14H13F5O. The lowest BCUT2D eigenvalue weighted by molar-refractivity contribution is -0.233. The molecule has 1 nitrogen and oxygen atoms in total. The van der Waals surface area contributed by atoms with Gasteiger partial charge in [-0.1, -0.05) is 17.7 Å². The number of allylic oxidation sites excluding steroid dienone is 2. The van der Waals surface area contributed by atoms with Crippen LogP contribution in [0.3, 0.4) is 0 Å². The van der Waals surface area contributed by atoms with E-state index in [1.54, 1.807) is 13.8 Å². The van der Waals surface area contributed by atoms with Crippen molar-refractivity contribution < 1.29 is 26.7 Å². The highest BCUT2D eigenvalue weighted by Gasteiger charge is 2.74. The van der Waals surface area contributed by atoms with Gasteiger partial charge in [-0.25, -0.2) is 4.39 Å². The van der Waals surface area contributed by atoms with Crippen LogP contribution in [0.15, 0.2) is 23.7 Å². The van der Waals surface area contributed by atoms with Gasteiger partial charge < -0.3 is 4.74 Å². The van der Waals surface area contributed by atoms with Crippen LogP contribution in [0, 0.1) is 20.8 Å². The Morgan fingerprint density at radius 1 is 0.950 bits per heavy atom. The van der Waals surface area contributed by atoms with Crippen molar-refractivity contribution in [2.75, 3.05) is 0 Å². The number of ether oxygens (including phenoxy) is 1. The lowest BCUT2D eigenvalue weighted by atomic mass is 9.95. The number of benzene rings is 1. The molecule has 2 rings (SSSR count). The maximum absolute atomic E-state index is 13.0. The molecule has 0 radical (unpaired) electrons. The number of hydrogen-bond donors (Lipinski definition) is 0. The molecule has 0 spiro atoms. The summed E-state index contributed by atoms with van der Waals surface area (Å²) in [5.74, 6) is -13.1. The lowest BCUT2D eigenvalue weighted by Crippen LogP contribution is -2.53. The molecule has 0 fully saturated rings. The minimum absolute atomic E-state index is 0.369. The first kappa shape index (κ1) is 14.8. The first-order chi connectivity index (χ1) is 9.09. The highest BCUT2D eigenvalue weighted by Crippen LogP contribution is 2.56. The molecule has 20 heavy (non-hydrogen) atoms. The average Bonchev–Trinajstić information content (AvgIpc) is 2.31. The summed E-state index contributed by atoms with van der Waals surface area (Å²) in [6.45, 7) is 4.99. The van der Waals surface area contributed by atoms with Crippen molar-refractivity contribution in [3.05, 3.63) is 46.0 Å². The minimum Gasteiger partial charge on any atom is -0.484 e. The number of halogens is 5. The Hall–Kier alpha value is -1.59. The van der Waals surface area contributed by atoms with E-state index < -0.39 is 23.4 Å². The molecule has 0 heterocycles. The third kappa shape index (κ3) is 1.98. The van der Waals surface area contributed by atoms with Crippen LogP contribution in [-0.4, -0.2) is 11.8 Å². The minimum atomic E-state index is -4.76. The van der Waals surface area contributed by atoms with Crippen LogP contribution in [-0.2, 0) is 11.3 Å². The van der Waals surface area contributed by atoms with Crippen molar-refractivity contribution in [1.29, 1.82) is 0 Å². The molecule has 0 saturated carbocycles. The smallest absolute Gasteiger partial charge is 0.375 e. The van der Waals surface area contributed by atoms with E-state index >= 15 is 0 Å². The largest absolute Gasteiger partial charge is 0.484 e. The standard InChI is InChI=1S/C14H13F5O/c1-7-4-8(2)10(9(3)5-7)6-20-12-11(15)13(16,17)14(12,18)19/h4-5H,6H2,1-3H3. The van der Waals surface area contributed by atoms with Gasteiger partial charge in [0.25, 0.3) is 0 Å². The van der Waals surface area contributed by atoms with Crippen molar-refractivity contribution in [3.8, 4) is 0 Å². The normalized spacial score (nSPS) is 19.8. The van der Waals surface area contributed by atoms with Gasteiger partial charge in [0, 0.05) is 0 Å². The fraction of sp³-hybridized carbons (Fsp3) is 0.429. The summed E-state index contributed by atoms with van der Waals surface area (Å²) in [5, 5.41) is 0. The summed E-state index contributed by atoms with van der Waals surface area (Å²) in [5.41, 5.74) is 3.12. The van der Waals surface area contributed by atoms with Gasteiger partial charge in [-0.05, 0) is 37.5 Å². The van der Waals surface area contributed by atoms with E-state index in [-0.39, 0.29) is 6.61 Å². The molecule has 1 aromatic carbocycles. The second-order valence-corrected chi connectivity index (χ2v) is 4.96. The van der Waals surface area contributed by atoms with E-state index in [1.165, 1.54) is 0 Å². The van der Waals surface area contributed by atoms with Crippen LogP contribution in [0.4, 0.5) is 22.0 Å². The molecule has 1 aliphatic carbocycles. The summed E-state index contributed by atoms with van der Waals surface area (Å²) < 4.78 is 68.9. The molecule has 0 atom stereocenters. The molecule has 0 aromatic heterocycles. The van der Waals surface area contributed by atoms with Crippen molar-refractivity contribution in [1.82, 2.24) is 0 Å². The summed E-state index contributed by atoms with van der Waals surface area (Å²) in [6, 6.07) is 3.62. The van der Waals surface area contributed by atoms with Gasteiger partial charge in [-0.2, -0.15) is 17.6 Å². The highest BCUT2D eigenvalue weighted by atomic mass is 19.3. The van der Waals surface area contributed by atoms with Crippen LogP contribution < -0.4 is 0 Å². The van der Waals surface area contributed by atoms with E-state index in [0.717, 1.165) is 16.7 Å². The van der Waals surface area contributed by atoms with Crippen molar-refractivity contribution in [2.24, 2.45) is 0 Å². The zero-order valence-electron chi connectivity index (χ0n) is 11.2. The van der Waals surface area contributed by atoms with Gasteiger partial charge in [0.2, 0.25) is 11.6 Å². The molecule has 1 aliphatic rings. The van der Waals surface area contributed by atoms with E-state index in [0.29, 0.717) is 5.56 Å². The first-order valence-corrected chi connectivity index (χ1v) is 5.95. The summed E-state index contributed by atoms with van der Waals surface area (Å²) in [4.78, 5) is 0. The molecule has 0 unspecified atom stereocenters. The maximum atomic E-state index is 13.0. The molecular weight excluding hydrogens is 279 g/mol. The van der Waals surface area contributed by atoms with Crippen molar-refractivity contribution in [2.45, 2.75) is 39.2 Å². The Morgan fingerprint density at radius 3 is 1.90 bits per heavy atom. The number of alkyl halides is 4. The monoisotopic (exact) mass is 292 g/mol. The average molecular weight is 292 g/mol. The van der Waals surface area contributed by atoms with Crippen LogP contribution in [0.25, 0.3) is 0 Å². The van der Waals surface area contributed by atoms with Gasteiger partial charge in [0.05, 0.1) is 0 Å². The molecule has 0 bridgehead atoms. The first-order valence-electron chi connectivity index (χ1n) is 5.95. The number of hydrogen-bond acceptors (Lipinski definition) is 1.